The fraction of sp³-hybridized carbons (Fsp3) is 0.333. The van der Waals surface area contributed by atoms with Crippen molar-refractivity contribution in [2.75, 3.05) is 11.9 Å². The summed E-state index contributed by atoms with van der Waals surface area (Å²) in [5, 5.41) is 3.70. The summed E-state index contributed by atoms with van der Waals surface area (Å²) in [6, 6.07) is 0. The van der Waals surface area contributed by atoms with Crippen LogP contribution in [0.25, 0.3) is 0 Å². The third-order valence-corrected chi connectivity index (χ3v) is 3.06. The summed E-state index contributed by atoms with van der Waals surface area (Å²) in [6.45, 7) is 4.68. The molecule has 2 heterocycles. The van der Waals surface area contributed by atoms with Crippen molar-refractivity contribution in [3.8, 4) is 0 Å². The predicted octanol–water partition coefficient (Wildman–Crippen LogP) is 2.69. The van der Waals surface area contributed by atoms with E-state index in [9.17, 15) is 4.39 Å². The normalized spacial score (nSPS) is 10.5. The second kappa shape index (κ2) is 6.42. The third-order valence-electron chi connectivity index (χ3n) is 2.19. The van der Waals surface area contributed by atoms with E-state index < -0.39 is 5.82 Å². The maximum Gasteiger partial charge on any atom is 0.223 e. The molecule has 0 bridgehead atoms. The lowest BCUT2D eigenvalue weighted by atomic mass is 10.4. The van der Waals surface area contributed by atoms with Crippen LogP contribution in [0.15, 0.2) is 28.8 Å². The molecule has 5 nitrogen and oxygen atoms in total. The Bertz CT molecular complexity index is 546. The molecule has 0 aromatic carbocycles. The molecule has 2 aromatic heterocycles. The lowest BCUT2D eigenvalue weighted by Crippen LogP contribution is -2.05. The van der Waals surface area contributed by atoms with E-state index in [-0.39, 0.29) is 5.03 Å². The largest absolute Gasteiger partial charge is 0.354 e. The summed E-state index contributed by atoms with van der Waals surface area (Å²) in [7, 11) is 0. The molecule has 0 saturated carbocycles. The van der Waals surface area contributed by atoms with Gasteiger partial charge in [-0.2, -0.15) is 0 Å². The van der Waals surface area contributed by atoms with Gasteiger partial charge in [-0.05, 0) is 30.7 Å². The van der Waals surface area contributed by atoms with Gasteiger partial charge in [-0.15, -0.1) is 0 Å². The second-order valence-electron chi connectivity index (χ2n) is 3.92. The zero-order chi connectivity index (χ0) is 13.7. The standard InChI is InChI=1S/C12H14FN5S/c1-3-4-14-11-15-7-9(13)10(18-11)19-12-16-5-8(2)6-17-12/h5-7H,3-4H2,1-2H3,(H,14,15,18). The highest BCUT2D eigenvalue weighted by Crippen LogP contribution is 2.25. The number of halogens is 1. The Labute approximate surface area is 115 Å². The van der Waals surface area contributed by atoms with E-state index in [1.165, 1.54) is 0 Å². The van der Waals surface area contributed by atoms with Gasteiger partial charge in [0.2, 0.25) is 5.95 Å². The molecule has 0 radical (unpaired) electrons. The van der Waals surface area contributed by atoms with E-state index >= 15 is 0 Å². The second-order valence-corrected chi connectivity index (χ2v) is 4.87. The van der Waals surface area contributed by atoms with Gasteiger partial charge in [-0.1, -0.05) is 6.92 Å². The summed E-state index contributed by atoms with van der Waals surface area (Å²) in [6.07, 6.45) is 5.47. The average Bonchev–Trinajstić information content (AvgIpc) is 2.42. The average molecular weight is 279 g/mol. The number of rotatable bonds is 5. The summed E-state index contributed by atoms with van der Waals surface area (Å²) in [4.78, 5) is 16.2. The molecule has 0 saturated heterocycles. The minimum Gasteiger partial charge on any atom is -0.354 e. The van der Waals surface area contributed by atoms with E-state index in [1.54, 1.807) is 12.4 Å². The van der Waals surface area contributed by atoms with Crippen LogP contribution in [0.4, 0.5) is 10.3 Å². The monoisotopic (exact) mass is 279 g/mol. The molecule has 1 N–H and O–H groups in total. The lowest BCUT2D eigenvalue weighted by molar-refractivity contribution is 0.579. The highest BCUT2D eigenvalue weighted by atomic mass is 32.2. The van der Waals surface area contributed by atoms with Crippen molar-refractivity contribution in [2.24, 2.45) is 0 Å². The molecule has 2 rings (SSSR count). The van der Waals surface area contributed by atoms with Gasteiger partial charge in [-0.25, -0.2) is 24.3 Å². The summed E-state index contributed by atoms with van der Waals surface area (Å²) in [5.41, 5.74) is 0.956. The van der Waals surface area contributed by atoms with Crippen molar-refractivity contribution < 1.29 is 4.39 Å². The van der Waals surface area contributed by atoms with E-state index in [1.807, 2.05) is 13.8 Å². The maximum absolute atomic E-state index is 13.6. The highest BCUT2D eigenvalue weighted by molar-refractivity contribution is 7.99. The molecule has 0 aliphatic carbocycles. The van der Waals surface area contributed by atoms with Crippen molar-refractivity contribution in [2.45, 2.75) is 30.5 Å². The highest BCUT2D eigenvalue weighted by Gasteiger charge is 2.10. The minimum absolute atomic E-state index is 0.220. The van der Waals surface area contributed by atoms with Gasteiger partial charge in [-0.3, -0.25) is 0 Å². The summed E-state index contributed by atoms with van der Waals surface area (Å²) >= 11 is 1.08. The van der Waals surface area contributed by atoms with Crippen molar-refractivity contribution >= 4 is 17.7 Å². The zero-order valence-corrected chi connectivity index (χ0v) is 11.5. The lowest BCUT2D eigenvalue weighted by Gasteiger charge is -2.05. The Balaban J connectivity index is 2.16. The topological polar surface area (TPSA) is 63.6 Å². The van der Waals surface area contributed by atoms with Crippen LogP contribution in [-0.4, -0.2) is 26.5 Å². The molecule has 0 aliphatic heterocycles. The van der Waals surface area contributed by atoms with Crippen LogP contribution in [-0.2, 0) is 0 Å². The van der Waals surface area contributed by atoms with Gasteiger partial charge in [0.25, 0.3) is 0 Å². The smallest absolute Gasteiger partial charge is 0.223 e. The molecule has 2 aromatic rings. The fourth-order valence-corrected chi connectivity index (χ4v) is 1.93. The van der Waals surface area contributed by atoms with Crippen LogP contribution in [0.3, 0.4) is 0 Å². The maximum atomic E-state index is 13.6. The van der Waals surface area contributed by atoms with Crippen LogP contribution >= 0.6 is 11.8 Å². The zero-order valence-electron chi connectivity index (χ0n) is 10.7. The number of hydrogen-bond acceptors (Lipinski definition) is 6. The number of nitrogens with one attached hydrogen (secondary N) is 1. The quantitative estimate of drug-likeness (QED) is 0.670. The Morgan fingerprint density at radius 3 is 2.63 bits per heavy atom. The van der Waals surface area contributed by atoms with Crippen molar-refractivity contribution in [1.29, 1.82) is 0 Å². The first-order chi connectivity index (χ1) is 9.19. The van der Waals surface area contributed by atoms with Gasteiger partial charge in [0.1, 0.15) is 5.03 Å². The number of aromatic nitrogens is 4. The molecule has 0 aliphatic rings. The number of aryl methyl sites for hydroxylation is 1. The van der Waals surface area contributed by atoms with E-state index in [0.717, 1.165) is 36.5 Å². The van der Waals surface area contributed by atoms with Gasteiger partial charge >= 0.3 is 0 Å². The first-order valence-corrected chi connectivity index (χ1v) is 6.73. The molecule has 100 valence electrons. The van der Waals surface area contributed by atoms with Crippen LogP contribution in [0, 0.1) is 12.7 Å². The van der Waals surface area contributed by atoms with Crippen molar-refractivity contribution in [3.63, 3.8) is 0 Å². The Morgan fingerprint density at radius 1 is 1.21 bits per heavy atom. The fourth-order valence-electron chi connectivity index (χ4n) is 1.26. The Hall–Kier alpha value is -1.76. The molecular formula is C12H14FN5S. The van der Waals surface area contributed by atoms with E-state index in [4.69, 9.17) is 0 Å². The SMILES string of the molecule is CCCNc1ncc(F)c(Sc2ncc(C)cn2)n1. The predicted molar refractivity (Wildman–Crippen MR) is 71.7 cm³/mol. The number of hydrogen-bond donors (Lipinski definition) is 1. The minimum atomic E-state index is -0.476. The molecule has 0 spiro atoms. The molecule has 0 fully saturated rings. The van der Waals surface area contributed by atoms with Crippen molar-refractivity contribution in [3.05, 3.63) is 30.0 Å². The number of anilines is 1. The first-order valence-electron chi connectivity index (χ1n) is 5.92. The summed E-state index contributed by atoms with van der Waals surface area (Å²) < 4.78 is 13.6. The van der Waals surface area contributed by atoms with Gasteiger partial charge in [0.05, 0.1) is 6.20 Å². The molecular weight excluding hydrogens is 265 g/mol. The Kier molecular flexibility index (Phi) is 4.62. The van der Waals surface area contributed by atoms with Crippen LogP contribution in [0.1, 0.15) is 18.9 Å². The molecule has 0 unspecified atom stereocenters. The van der Waals surface area contributed by atoms with Gasteiger partial charge in [0.15, 0.2) is 11.0 Å². The van der Waals surface area contributed by atoms with Crippen molar-refractivity contribution in [1.82, 2.24) is 19.9 Å². The molecule has 7 heteroatoms. The number of nitrogens with zero attached hydrogens (tertiary/aromatic N) is 4. The van der Waals surface area contributed by atoms with Gasteiger partial charge < -0.3 is 5.32 Å². The summed E-state index contributed by atoms with van der Waals surface area (Å²) in [5.74, 6) is -0.0610. The molecule has 0 amide bonds. The Morgan fingerprint density at radius 2 is 1.95 bits per heavy atom. The van der Waals surface area contributed by atoms with Crippen LogP contribution < -0.4 is 5.32 Å². The molecule has 0 atom stereocenters. The van der Waals surface area contributed by atoms with Crippen LogP contribution in [0.2, 0.25) is 0 Å². The molecule has 19 heavy (non-hydrogen) atoms. The van der Waals surface area contributed by atoms with E-state index in [2.05, 4.69) is 25.3 Å². The van der Waals surface area contributed by atoms with E-state index in [0.29, 0.717) is 11.1 Å². The third kappa shape index (κ3) is 3.85. The first kappa shape index (κ1) is 13.7. The van der Waals surface area contributed by atoms with Crippen LogP contribution in [0.5, 0.6) is 0 Å². The van der Waals surface area contributed by atoms with Gasteiger partial charge in [0, 0.05) is 18.9 Å².